The molecule has 1 N–H and O–H groups in total. The van der Waals surface area contributed by atoms with E-state index in [4.69, 9.17) is 11.6 Å². The monoisotopic (exact) mass is 501 g/mol. The van der Waals surface area contributed by atoms with Gasteiger partial charge in [-0.3, -0.25) is 9.59 Å². The van der Waals surface area contributed by atoms with Crippen LogP contribution in [0.5, 0.6) is 0 Å². The first-order valence-electron chi connectivity index (χ1n) is 12.1. The van der Waals surface area contributed by atoms with Crippen LogP contribution in [0.4, 0.5) is 13.2 Å². The molecule has 5 nitrogen and oxygen atoms in total. The number of rotatable bonds is 7. The number of hydrogen-bond acceptors (Lipinski definition) is 3. The SMILES string of the molecule is CCC[C@@H]1C[C@H](N(C)C(C)C)CC[C@@H]1N1CC[C@H](NC(=O)c2cc(C(F)(F)F)ccc2Cl)C1=O. The Morgan fingerprint density at radius 3 is 2.59 bits per heavy atom. The van der Waals surface area contributed by atoms with Crippen molar-refractivity contribution in [2.24, 2.45) is 5.92 Å². The zero-order chi connectivity index (χ0) is 25.2. The van der Waals surface area contributed by atoms with E-state index in [1.165, 1.54) is 0 Å². The zero-order valence-electron chi connectivity index (χ0n) is 20.3. The normalized spacial score (nSPS) is 25.9. The molecule has 2 aliphatic rings. The highest BCUT2D eigenvalue weighted by atomic mass is 35.5. The molecule has 1 saturated carbocycles. The molecule has 1 saturated heterocycles. The molecule has 1 heterocycles. The van der Waals surface area contributed by atoms with Gasteiger partial charge in [0.25, 0.3) is 5.91 Å². The molecular weight excluding hydrogens is 467 g/mol. The van der Waals surface area contributed by atoms with Crippen LogP contribution in [0.2, 0.25) is 5.02 Å². The van der Waals surface area contributed by atoms with Crippen molar-refractivity contribution >= 4 is 23.4 Å². The fourth-order valence-corrected chi connectivity index (χ4v) is 5.59. The lowest BCUT2D eigenvalue weighted by molar-refractivity contribution is -0.137. The van der Waals surface area contributed by atoms with Crippen molar-refractivity contribution in [3.63, 3.8) is 0 Å². The topological polar surface area (TPSA) is 52.6 Å². The number of benzene rings is 1. The summed E-state index contributed by atoms with van der Waals surface area (Å²) in [6.07, 6.45) is 0.887. The van der Waals surface area contributed by atoms with Crippen molar-refractivity contribution in [1.29, 1.82) is 0 Å². The Morgan fingerprint density at radius 2 is 1.97 bits per heavy atom. The standard InChI is InChI=1S/C25H35ClF3N3O2/c1-5-6-16-13-18(31(4)15(2)3)8-10-22(16)32-12-11-21(24(32)34)30-23(33)19-14-17(25(27,28)29)7-9-20(19)26/h7,9,14-16,18,21-22H,5-6,8,10-13H2,1-4H3,(H,30,33)/t16-,18-,21+,22+/m1/s1. The summed E-state index contributed by atoms with van der Waals surface area (Å²) >= 11 is 6.00. The fourth-order valence-electron chi connectivity index (χ4n) is 5.38. The van der Waals surface area contributed by atoms with Gasteiger partial charge < -0.3 is 15.1 Å². The van der Waals surface area contributed by atoms with Crippen LogP contribution in [0.25, 0.3) is 0 Å². The third-order valence-corrected chi connectivity index (χ3v) is 7.78. The molecule has 3 rings (SSSR count). The van der Waals surface area contributed by atoms with Crippen molar-refractivity contribution in [3.05, 3.63) is 34.3 Å². The number of amides is 2. The first-order valence-corrected chi connectivity index (χ1v) is 12.5. The van der Waals surface area contributed by atoms with Crippen molar-refractivity contribution in [2.45, 2.75) is 89.6 Å². The number of carbonyl (C=O) groups is 2. The van der Waals surface area contributed by atoms with Gasteiger partial charge in [0.1, 0.15) is 6.04 Å². The molecule has 1 aliphatic heterocycles. The average Bonchev–Trinajstić information content (AvgIpc) is 3.12. The number of carbonyl (C=O) groups excluding carboxylic acids is 2. The van der Waals surface area contributed by atoms with E-state index in [1.54, 1.807) is 0 Å². The van der Waals surface area contributed by atoms with Crippen LogP contribution in [-0.4, -0.2) is 59.4 Å². The smallest absolute Gasteiger partial charge is 0.340 e. The van der Waals surface area contributed by atoms with E-state index in [2.05, 4.69) is 38.0 Å². The summed E-state index contributed by atoms with van der Waals surface area (Å²) in [4.78, 5) is 30.3. The highest BCUT2D eigenvalue weighted by Gasteiger charge is 2.42. The highest BCUT2D eigenvalue weighted by molar-refractivity contribution is 6.33. The van der Waals surface area contributed by atoms with Crippen LogP contribution in [0.1, 0.15) is 75.2 Å². The summed E-state index contributed by atoms with van der Waals surface area (Å²) in [5, 5.41) is 2.55. The first kappa shape index (κ1) is 26.8. The summed E-state index contributed by atoms with van der Waals surface area (Å²) < 4.78 is 39.2. The molecule has 0 bridgehead atoms. The van der Waals surface area contributed by atoms with Crippen LogP contribution < -0.4 is 5.32 Å². The Labute approximate surface area is 205 Å². The second-order valence-corrected chi connectivity index (χ2v) is 10.3. The van der Waals surface area contributed by atoms with E-state index in [0.29, 0.717) is 31.0 Å². The quantitative estimate of drug-likeness (QED) is 0.546. The van der Waals surface area contributed by atoms with Gasteiger partial charge in [-0.05, 0) is 77.1 Å². The van der Waals surface area contributed by atoms with E-state index < -0.39 is 23.7 Å². The van der Waals surface area contributed by atoms with Crippen molar-refractivity contribution < 1.29 is 22.8 Å². The average molecular weight is 502 g/mol. The van der Waals surface area contributed by atoms with Gasteiger partial charge in [0.15, 0.2) is 0 Å². The molecule has 0 spiro atoms. The van der Waals surface area contributed by atoms with Gasteiger partial charge in [-0.25, -0.2) is 0 Å². The molecule has 2 amide bonds. The maximum atomic E-state index is 13.2. The fraction of sp³-hybridized carbons (Fsp3) is 0.680. The first-order chi connectivity index (χ1) is 15.9. The van der Waals surface area contributed by atoms with Gasteiger partial charge in [0.05, 0.1) is 16.1 Å². The molecule has 1 aromatic carbocycles. The van der Waals surface area contributed by atoms with Crippen LogP contribution in [0.15, 0.2) is 18.2 Å². The Hall–Kier alpha value is -1.80. The van der Waals surface area contributed by atoms with Crippen LogP contribution in [-0.2, 0) is 11.0 Å². The lowest BCUT2D eigenvalue weighted by Gasteiger charge is -2.44. The van der Waals surface area contributed by atoms with Crippen LogP contribution in [0.3, 0.4) is 0 Å². The van der Waals surface area contributed by atoms with E-state index in [9.17, 15) is 22.8 Å². The predicted octanol–water partition coefficient (Wildman–Crippen LogP) is 5.37. The molecule has 9 heteroatoms. The molecule has 1 aromatic rings. The molecule has 190 valence electrons. The minimum Gasteiger partial charge on any atom is -0.340 e. The summed E-state index contributed by atoms with van der Waals surface area (Å²) in [5.41, 5.74) is -1.23. The summed E-state index contributed by atoms with van der Waals surface area (Å²) in [6, 6.07) is 2.95. The van der Waals surface area contributed by atoms with Gasteiger partial charge in [-0.2, -0.15) is 13.2 Å². The third kappa shape index (κ3) is 5.88. The summed E-state index contributed by atoms with van der Waals surface area (Å²) in [5.74, 6) is -0.525. The molecule has 0 radical (unpaired) electrons. The number of alkyl halides is 3. The second kappa shape index (κ2) is 10.9. The van der Waals surface area contributed by atoms with Crippen LogP contribution >= 0.6 is 11.6 Å². The minimum absolute atomic E-state index is 0.0802. The lowest BCUT2D eigenvalue weighted by atomic mass is 9.77. The third-order valence-electron chi connectivity index (χ3n) is 7.45. The van der Waals surface area contributed by atoms with Crippen molar-refractivity contribution in [2.75, 3.05) is 13.6 Å². The second-order valence-electron chi connectivity index (χ2n) is 9.88. The van der Waals surface area contributed by atoms with Gasteiger partial charge >= 0.3 is 6.18 Å². The minimum atomic E-state index is -4.59. The molecule has 1 aliphatic carbocycles. The molecular formula is C25H35ClF3N3O2. The van der Waals surface area contributed by atoms with Gasteiger partial charge in [0.2, 0.25) is 5.91 Å². The molecule has 0 aromatic heterocycles. The Morgan fingerprint density at radius 1 is 1.26 bits per heavy atom. The Kier molecular flexibility index (Phi) is 8.56. The Balaban J connectivity index is 1.69. The number of hydrogen-bond donors (Lipinski definition) is 1. The maximum absolute atomic E-state index is 13.2. The van der Waals surface area contributed by atoms with Gasteiger partial charge in [-0.1, -0.05) is 24.9 Å². The van der Waals surface area contributed by atoms with E-state index in [1.807, 2.05) is 4.90 Å². The number of nitrogens with zero attached hydrogens (tertiary/aromatic N) is 2. The number of halogens is 4. The van der Waals surface area contributed by atoms with E-state index in [-0.39, 0.29) is 22.5 Å². The largest absolute Gasteiger partial charge is 0.416 e. The maximum Gasteiger partial charge on any atom is 0.416 e. The van der Waals surface area contributed by atoms with Gasteiger partial charge in [0, 0.05) is 24.7 Å². The Bertz CT molecular complexity index is 893. The van der Waals surface area contributed by atoms with Gasteiger partial charge in [-0.15, -0.1) is 0 Å². The van der Waals surface area contributed by atoms with Crippen molar-refractivity contribution in [1.82, 2.24) is 15.1 Å². The molecule has 34 heavy (non-hydrogen) atoms. The predicted molar refractivity (Wildman–Crippen MR) is 127 cm³/mol. The van der Waals surface area contributed by atoms with E-state index >= 15 is 0 Å². The summed E-state index contributed by atoms with van der Waals surface area (Å²) in [7, 11) is 2.16. The van der Waals surface area contributed by atoms with Crippen LogP contribution in [0, 0.1) is 5.92 Å². The van der Waals surface area contributed by atoms with Crippen molar-refractivity contribution in [3.8, 4) is 0 Å². The van der Waals surface area contributed by atoms with E-state index in [0.717, 1.165) is 50.3 Å². The lowest BCUT2D eigenvalue weighted by Crippen LogP contribution is -2.51. The molecule has 2 fully saturated rings. The molecule has 0 unspecified atom stereocenters. The zero-order valence-corrected chi connectivity index (χ0v) is 21.0. The molecule has 4 atom stereocenters. The highest BCUT2D eigenvalue weighted by Crippen LogP contribution is 2.36. The summed E-state index contributed by atoms with van der Waals surface area (Å²) in [6.45, 7) is 7.07. The number of nitrogens with one attached hydrogen (secondary N) is 1. The number of likely N-dealkylation sites (tertiary alicyclic amines) is 1.